The first-order valence-corrected chi connectivity index (χ1v) is 14.5. The Kier molecular flexibility index (Phi) is 8.95. The number of hydrogen-bond donors (Lipinski definition) is 2. The largest absolute Gasteiger partial charge is 0.494 e. The van der Waals surface area contributed by atoms with Gasteiger partial charge in [0.25, 0.3) is 5.91 Å². The molecule has 9 nitrogen and oxygen atoms in total. The van der Waals surface area contributed by atoms with Crippen molar-refractivity contribution in [2.45, 2.75) is 37.1 Å². The summed E-state index contributed by atoms with van der Waals surface area (Å²) in [5.74, 6) is 0.109. The number of benzene rings is 3. The molecule has 1 heterocycles. The number of ether oxygens (including phenoxy) is 1. The molecule has 1 fully saturated rings. The van der Waals surface area contributed by atoms with Gasteiger partial charge in [-0.25, -0.2) is 13.6 Å². The molecule has 1 aliphatic heterocycles. The molecule has 204 valence electrons. The number of nitrogens with zero attached hydrogens (tertiary/aromatic N) is 2. The van der Waals surface area contributed by atoms with Gasteiger partial charge in [-0.05, 0) is 79.2 Å². The number of anilines is 2. The van der Waals surface area contributed by atoms with Crippen molar-refractivity contribution in [3.8, 4) is 5.75 Å². The van der Waals surface area contributed by atoms with Crippen molar-refractivity contribution in [1.82, 2.24) is 4.90 Å². The second kappa shape index (κ2) is 12.4. The lowest BCUT2D eigenvalue weighted by Gasteiger charge is -2.24. The van der Waals surface area contributed by atoms with E-state index < -0.39 is 16.1 Å². The maximum Gasteiger partial charge on any atom is 0.256 e. The summed E-state index contributed by atoms with van der Waals surface area (Å²) in [4.78, 5) is 29.8. The van der Waals surface area contributed by atoms with Crippen LogP contribution in [0.25, 0.3) is 0 Å². The molecule has 0 bridgehead atoms. The minimum absolute atomic E-state index is 0.0212. The molecule has 0 unspecified atom stereocenters. The highest BCUT2D eigenvalue weighted by Crippen LogP contribution is 2.28. The van der Waals surface area contributed by atoms with Crippen LogP contribution in [0.1, 0.15) is 25.3 Å². The monoisotopic (exact) mass is 566 g/mol. The number of hydrogen-bond acceptors (Lipinski definition) is 6. The quantitative estimate of drug-likeness (QED) is 0.340. The van der Waals surface area contributed by atoms with E-state index in [1.165, 1.54) is 17.0 Å². The van der Waals surface area contributed by atoms with E-state index >= 15 is 0 Å². The molecular weight excluding hydrogens is 536 g/mol. The summed E-state index contributed by atoms with van der Waals surface area (Å²) in [6.45, 7) is 2.99. The second-order valence-corrected chi connectivity index (χ2v) is 11.0. The van der Waals surface area contributed by atoms with Gasteiger partial charge < -0.3 is 15.0 Å². The Bertz CT molecular complexity index is 1430. The molecule has 0 radical (unpaired) electrons. The predicted octanol–water partition coefficient (Wildman–Crippen LogP) is 3.70. The first-order valence-electron chi connectivity index (χ1n) is 12.5. The summed E-state index contributed by atoms with van der Waals surface area (Å²) in [5, 5.41) is 8.35. The number of primary sulfonamides is 1. The lowest BCUT2D eigenvalue weighted by atomic mass is 10.1. The molecule has 2 amide bonds. The van der Waals surface area contributed by atoms with Gasteiger partial charge in [0.05, 0.1) is 23.6 Å². The average Bonchev–Trinajstić information content (AvgIpc) is 3.15. The first kappa shape index (κ1) is 28.2. The number of sulfonamides is 1. The normalized spacial score (nSPS) is 15.5. The van der Waals surface area contributed by atoms with Crippen LogP contribution in [-0.2, 0) is 26.0 Å². The Labute approximate surface area is 233 Å². The van der Waals surface area contributed by atoms with E-state index in [0.717, 1.165) is 12.0 Å². The molecule has 0 aliphatic carbocycles. The highest BCUT2D eigenvalue weighted by molar-refractivity contribution is 7.89. The number of amides is 2. The number of carbonyl (C=O) groups is 2. The predicted molar refractivity (Wildman–Crippen MR) is 154 cm³/mol. The third-order valence-electron chi connectivity index (χ3n) is 6.22. The number of nitrogens with one attached hydrogen (secondary N) is 1. The van der Waals surface area contributed by atoms with Gasteiger partial charge in [0.2, 0.25) is 15.9 Å². The minimum Gasteiger partial charge on any atom is -0.494 e. The summed E-state index contributed by atoms with van der Waals surface area (Å²) < 4.78 is 28.7. The van der Waals surface area contributed by atoms with E-state index in [0.29, 0.717) is 41.8 Å². The van der Waals surface area contributed by atoms with Crippen molar-refractivity contribution in [1.29, 1.82) is 0 Å². The molecule has 3 aromatic carbocycles. The maximum absolute atomic E-state index is 13.5. The number of rotatable bonds is 11. The van der Waals surface area contributed by atoms with Crippen LogP contribution in [0.5, 0.6) is 5.75 Å². The SMILES string of the molecule is CCCOc1ccc(NC(=O)C[C@@H]2C(=O)N(c3ccccc3)C(=S)N2CCc2ccc(S(N)(=O)=O)cc2)cc1. The van der Waals surface area contributed by atoms with Gasteiger partial charge in [0.1, 0.15) is 11.8 Å². The summed E-state index contributed by atoms with van der Waals surface area (Å²) >= 11 is 5.70. The molecule has 1 aliphatic rings. The van der Waals surface area contributed by atoms with Gasteiger partial charge in [-0.3, -0.25) is 14.5 Å². The molecule has 3 aromatic rings. The van der Waals surface area contributed by atoms with E-state index in [4.69, 9.17) is 22.1 Å². The first-order chi connectivity index (χ1) is 18.7. The number of nitrogens with two attached hydrogens (primary N) is 1. The van der Waals surface area contributed by atoms with Crippen molar-refractivity contribution in [2.24, 2.45) is 5.14 Å². The van der Waals surface area contributed by atoms with E-state index in [2.05, 4.69) is 5.32 Å². The highest BCUT2D eigenvalue weighted by Gasteiger charge is 2.43. The number of thiocarbonyl (C=S) groups is 1. The lowest BCUT2D eigenvalue weighted by Crippen LogP contribution is -2.39. The third-order valence-corrected chi connectivity index (χ3v) is 7.56. The molecule has 1 saturated heterocycles. The van der Waals surface area contributed by atoms with E-state index in [1.807, 2.05) is 25.1 Å². The zero-order valence-corrected chi connectivity index (χ0v) is 23.1. The van der Waals surface area contributed by atoms with E-state index in [1.54, 1.807) is 53.4 Å². The Morgan fingerprint density at radius 1 is 1.03 bits per heavy atom. The Hall–Kier alpha value is -3.80. The Balaban J connectivity index is 1.49. The van der Waals surface area contributed by atoms with Crippen LogP contribution in [0.3, 0.4) is 0 Å². The molecule has 0 saturated carbocycles. The van der Waals surface area contributed by atoms with Gasteiger partial charge in [0, 0.05) is 12.2 Å². The fraction of sp³-hybridized carbons (Fsp3) is 0.250. The van der Waals surface area contributed by atoms with Crippen LogP contribution in [0.15, 0.2) is 83.8 Å². The van der Waals surface area contributed by atoms with Gasteiger partial charge in [0.15, 0.2) is 5.11 Å². The summed E-state index contributed by atoms with van der Waals surface area (Å²) in [7, 11) is -3.79. The molecule has 4 rings (SSSR count). The van der Waals surface area contributed by atoms with Crippen molar-refractivity contribution in [3.05, 3.63) is 84.4 Å². The van der Waals surface area contributed by atoms with Crippen LogP contribution < -0.4 is 20.1 Å². The van der Waals surface area contributed by atoms with Gasteiger partial charge in [-0.15, -0.1) is 0 Å². The van der Waals surface area contributed by atoms with Crippen molar-refractivity contribution >= 4 is 50.5 Å². The molecule has 0 spiro atoms. The van der Waals surface area contributed by atoms with Crippen LogP contribution in [-0.4, -0.2) is 49.4 Å². The Morgan fingerprint density at radius 2 is 1.69 bits per heavy atom. The van der Waals surface area contributed by atoms with Crippen molar-refractivity contribution in [3.63, 3.8) is 0 Å². The highest BCUT2D eigenvalue weighted by atomic mass is 32.2. The van der Waals surface area contributed by atoms with Gasteiger partial charge >= 0.3 is 0 Å². The number of para-hydroxylation sites is 1. The number of carbonyl (C=O) groups excluding carboxylic acids is 2. The lowest BCUT2D eigenvalue weighted by molar-refractivity contribution is -0.124. The maximum atomic E-state index is 13.5. The van der Waals surface area contributed by atoms with Crippen LogP contribution in [0.4, 0.5) is 11.4 Å². The van der Waals surface area contributed by atoms with Crippen molar-refractivity contribution < 1.29 is 22.7 Å². The van der Waals surface area contributed by atoms with Crippen molar-refractivity contribution in [2.75, 3.05) is 23.4 Å². The smallest absolute Gasteiger partial charge is 0.256 e. The van der Waals surface area contributed by atoms with E-state index in [9.17, 15) is 18.0 Å². The molecular formula is C28H30N4O5S2. The van der Waals surface area contributed by atoms with E-state index in [-0.39, 0.29) is 23.1 Å². The molecule has 3 N–H and O–H groups in total. The fourth-order valence-corrected chi connectivity index (χ4v) is 5.17. The summed E-state index contributed by atoms with van der Waals surface area (Å²) in [5.41, 5.74) is 2.06. The van der Waals surface area contributed by atoms with Crippen LogP contribution in [0, 0.1) is 0 Å². The second-order valence-electron chi connectivity index (χ2n) is 9.07. The fourth-order valence-electron chi connectivity index (χ4n) is 4.24. The molecule has 39 heavy (non-hydrogen) atoms. The molecule has 1 atom stereocenters. The topological polar surface area (TPSA) is 122 Å². The van der Waals surface area contributed by atoms with Crippen LogP contribution in [0.2, 0.25) is 0 Å². The zero-order chi connectivity index (χ0) is 28.0. The summed E-state index contributed by atoms with van der Waals surface area (Å²) in [6, 6.07) is 21.6. The third kappa shape index (κ3) is 6.99. The average molecular weight is 567 g/mol. The molecule has 0 aromatic heterocycles. The van der Waals surface area contributed by atoms with Crippen LogP contribution >= 0.6 is 12.2 Å². The van der Waals surface area contributed by atoms with Gasteiger partial charge in [-0.2, -0.15) is 0 Å². The Morgan fingerprint density at radius 3 is 2.31 bits per heavy atom. The zero-order valence-electron chi connectivity index (χ0n) is 21.4. The standard InChI is InChI=1S/C28H30N4O5S2/c1-2-18-37-23-12-10-21(11-13-23)30-26(33)19-25-27(34)32(22-6-4-3-5-7-22)28(38)31(25)17-16-20-8-14-24(15-9-20)39(29,35)36/h3-15,25H,2,16-19H2,1H3,(H,30,33)(H2,29,35,36)/t25-/m1/s1. The minimum atomic E-state index is -3.79. The molecule has 11 heteroatoms. The van der Waals surface area contributed by atoms with Gasteiger partial charge in [-0.1, -0.05) is 37.3 Å². The summed E-state index contributed by atoms with van der Waals surface area (Å²) in [6.07, 6.45) is 1.27.